The summed E-state index contributed by atoms with van der Waals surface area (Å²) in [5.74, 6) is 7.61. The van der Waals surface area contributed by atoms with Crippen molar-refractivity contribution >= 4 is 23.4 Å². The van der Waals surface area contributed by atoms with Gasteiger partial charge in [0, 0.05) is 22.2 Å². The summed E-state index contributed by atoms with van der Waals surface area (Å²) in [4.78, 5) is 0. The molecule has 0 atom stereocenters. The van der Waals surface area contributed by atoms with E-state index < -0.39 is 6.61 Å². The average Bonchev–Trinajstić information content (AvgIpc) is 3.34. The maximum absolute atomic E-state index is 12.3. The molecule has 154 valence electrons. The minimum atomic E-state index is -2.88. The molecule has 4 rings (SSSR count). The molecule has 0 aliphatic carbocycles. The highest BCUT2D eigenvalue weighted by atomic mass is 35.5. The predicted molar refractivity (Wildman–Crippen MR) is 109 cm³/mol. The van der Waals surface area contributed by atoms with Crippen molar-refractivity contribution in [3.05, 3.63) is 65.4 Å². The first-order valence-electron chi connectivity index (χ1n) is 8.59. The van der Waals surface area contributed by atoms with Crippen molar-refractivity contribution in [2.75, 3.05) is 5.84 Å². The number of ether oxygens (including phenoxy) is 1. The minimum absolute atomic E-state index is 0.0493. The molecule has 2 aromatic heterocycles. The van der Waals surface area contributed by atoms with Crippen LogP contribution in [0.5, 0.6) is 5.75 Å². The maximum Gasteiger partial charge on any atom is 0.387 e. The van der Waals surface area contributed by atoms with E-state index in [4.69, 9.17) is 22.0 Å². The van der Waals surface area contributed by atoms with Crippen LogP contribution in [0.15, 0.2) is 64.3 Å². The van der Waals surface area contributed by atoms with Crippen molar-refractivity contribution in [1.29, 1.82) is 0 Å². The lowest BCUT2D eigenvalue weighted by Crippen LogP contribution is -2.11. The van der Waals surface area contributed by atoms with Crippen LogP contribution in [0.2, 0.25) is 5.02 Å². The Kier molecular flexibility index (Phi) is 5.86. The maximum atomic E-state index is 12.3. The molecule has 0 aliphatic heterocycles. The number of nitrogens with two attached hydrogens (primary N) is 1. The second kappa shape index (κ2) is 8.72. The Bertz CT molecular complexity index is 1130. The van der Waals surface area contributed by atoms with E-state index in [2.05, 4.69) is 20.1 Å². The van der Waals surface area contributed by atoms with Gasteiger partial charge in [0.25, 0.3) is 0 Å². The molecule has 2 aromatic carbocycles. The van der Waals surface area contributed by atoms with Gasteiger partial charge in [-0.1, -0.05) is 40.7 Å². The van der Waals surface area contributed by atoms with Crippen LogP contribution >= 0.6 is 23.4 Å². The number of alkyl halides is 2. The number of halogens is 3. The summed E-state index contributed by atoms with van der Waals surface area (Å²) in [7, 11) is 0. The van der Waals surface area contributed by atoms with Gasteiger partial charge >= 0.3 is 6.61 Å². The molecule has 0 fully saturated rings. The van der Waals surface area contributed by atoms with Gasteiger partial charge in [0.1, 0.15) is 17.2 Å². The Morgan fingerprint density at radius 2 is 1.77 bits per heavy atom. The first kappa shape index (κ1) is 20.2. The minimum Gasteiger partial charge on any atom is -0.435 e. The highest BCUT2D eigenvalue weighted by molar-refractivity contribution is 7.98. The fraction of sp³-hybridized carbons (Fsp3) is 0.105. The smallest absolute Gasteiger partial charge is 0.387 e. The molecule has 0 saturated carbocycles. The average molecular weight is 450 g/mol. The van der Waals surface area contributed by atoms with Crippen LogP contribution < -0.4 is 10.6 Å². The first-order chi connectivity index (χ1) is 14.5. The number of nitrogen functional groups attached to an aromatic ring is 1. The molecule has 0 unspecified atom stereocenters. The monoisotopic (exact) mass is 449 g/mol. The molecule has 2 N–H and O–H groups in total. The lowest BCUT2D eigenvalue weighted by molar-refractivity contribution is -0.0498. The van der Waals surface area contributed by atoms with Gasteiger partial charge in [0.2, 0.25) is 5.16 Å². The quantitative estimate of drug-likeness (QED) is 0.318. The van der Waals surface area contributed by atoms with E-state index in [0.29, 0.717) is 38.8 Å². The van der Waals surface area contributed by atoms with Crippen molar-refractivity contribution < 1.29 is 18.0 Å². The largest absolute Gasteiger partial charge is 0.435 e. The van der Waals surface area contributed by atoms with E-state index in [1.165, 1.54) is 28.6 Å². The zero-order valence-electron chi connectivity index (χ0n) is 15.2. The van der Waals surface area contributed by atoms with Crippen molar-refractivity contribution in [2.24, 2.45) is 0 Å². The number of thioether (sulfide) groups is 1. The van der Waals surface area contributed by atoms with Gasteiger partial charge in [-0.25, -0.2) is 4.68 Å². The van der Waals surface area contributed by atoms with Crippen LogP contribution in [-0.2, 0) is 5.75 Å². The molecule has 11 heteroatoms. The molecule has 0 bridgehead atoms. The first-order valence-corrected chi connectivity index (χ1v) is 9.96. The van der Waals surface area contributed by atoms with E-state index in [9.17, 15) is 8.78 Å². The van der Waals surface area contributed by atoms with Gasteiger partial charge in [-0.3, -0.25) is 0 Å². The standard InChI is InChI=1S/C19H14ClF2N5O2S/c20-13-5-1-11(2-6-13)16-9-15(29-26-16)10-30-19-25-24-17(27(19)23)12-3-7-14(8-4-12)28-18(21)22/h1-9,18H,10,23H2. The van der Waals surface area contributed by atoms with Crippen molar-refractivity contribution in [3.63, 3.8) is 0 Å². The number of rotatable bonds is 7. The lowest BCUT2D eigenvalue weighted by Gasteiger charge is -2.06. The van der Waals surface area contributed by atoms with E-state index in [-0.39, 0.29) is 5.75 Å². The third-order valence-corrected chi connectivity index (χ3v) is 5.26. The van der Waals surface area contributed by atoms with Crippen molar-refractivity contribution in [1.82, 2.24) is 20.0 Å². The fourth-order valence-corrected chi connectivity index (χ4v) is 3.49. The van der Waals surface area contributed by atoms with E-state index in [1.54, 1.807) is 24.3 Å². The van der Waals surface area contributed by atoms with Gasteiger partial charge in [-0.2, -0.15) is 8.78 Å². The molecule has 0 radical (unpaired) electrons. The number of hydrogen-bond donors (Lipinski definition) is 1. The highest BCUT2D eigenvalue weighted by Crippen LogP contribution is 2.28. The van der Waals surface area contributed by atoms with Crippen LogP contribution in [0.3, 0.4) is 0 Å². The van der Waals surface area contributed by atoms with Gasteiger partial charge in [-0.05, 0) is 36.4 Å². The highest BCUT2D eigenvalue weighted by Gasteiger charge is 2.15. The summed E-state index contributed by atoms with van der Waals surface area (Å²) in [5, 5.41) is 13.3. The van der Waals surface area contributed by atoms with Crippen molar-refractivity contribution in [2.45, 2.75) is 17.5 Å². The molecule has 30 heavy (non-hydrogen) atoms. The SMILES string of the molecule is Nn1c(SCc2cc(-c3ccc(Cl)cc3)no2)nnc1-c1ccc(OC(F)F)cc1. The van der Waals surface area contributed by atoms with Gasteiger partial charge < -0.3 is 15.1 Å². The summed E-state index contributed by atoms with van der Waals surface area (Å²) >= 11 is 7.22. The van der Waals surface area contributed by atoms with Gasteiger partial charge in [0.15, 0.2) is 5.82 Å². The topological polar surface area (TPSA) is 92.0 Å². The second-order valence-corrected chi connectivity index (χ2v) is 7.43. The molecule has 0 saturated heterocycles. The molecule has 2 heterocycles. The summed E-state index contributed by atoms with van der Waals surface area (Å²) in [6.07, 6.45) is 0. The Hall–Kier alpha value is -3.11. The molecule has 0 amide bonds. The molecule has 4 aromatic rings. The van der Waals surface area contributed by atoms with Crippen molar-refractivity contribution in [3.8, 4) is 28.4 Å². The Morgan fingerprint density at radius 3 is 2.47 bits per heavy atom. The number of aromatic nitrogens is 4. The number of hydrogen-bond acceptors (Lipinski definition) is 7. The van der Waals surface area contributed by atoms with Crippen LogP contribution in [0.25, 0.3) is 22.6 Å². The number of nitrogens with zero attached hydrogens (tertiary/aromatic N) is 4. The summed E-state index contributed by atoms with van der Waals surface area (Å²) < 4.78 is 35.5. The Labute approximate surface area is 178 Å². The fourth-order valence-electron chi connectivity index (χ4n) is 2.63. The summed E-state index contributed by atoms with van der Waals surface area (Å²) in [6.45, 7) is -2.88. The second-order valence-electron chi connectivity index (χ2n) is 6.05. The third kappa shape index (κ3) is 4.55. The van der Waals surface area contributed by atoms with Crippen LogP contribution in [0, 0.1) is 0 Å². The molecular weight excluding hydrogens is 436 g/mol. The number of benzene rings is 2. The molecule has 7 nitrogen and oxygen atoms in total. The summed E-state index contributed by atoms with van der Waals surface area (Å²) in [6, 6.07) is 15.1. The molecule has 0 aliphatic rings. The van der Waals surface area contributed by atoms with Crippen LogP contribution in [0.4, 0.5) is 8.78 Å². The normalized spacial score (nSPS) is 11.2. The molecule has 0 spiro atoms. The third-order valence-electron chi connectivity index (χ3n) is 4.04. The van der Waals surface area contributed by atoms with E-state index in [0.717, 1.165) is 5.56 Å². The Morgan fingerprint density at radius 1 is 1.07 bits per heavy atom. The van der Waals surface area contributed by atoms with Crippen LogP contribution in [-0.4, -0.2) is 26.6 Å². The lowest BCUT2D eigenvalue weighted by atomic mass is 10.1. The van der Waals surface area contributed by atoms with Gasteiger partial charge in [-0.15, -0.1) is 10.2 Å². The van der Waals surface area contributed by atoms with Gasteiger partial charge in [0.05, 0.1) is 5.75 Å². The molecular formula is C19H14ClF2N5O2S. The van der Waals surface area contributed by atoms with E-state index in [1.807, 2.05) is 18.2 Å². The predicted octanol–water partition coefficient (Wildman–Crippen LogP) is 4.86. The van der Waals surface area contributed by atoms with Crippen LogP contribution in [0.1, 0.15) is 5.76 Å². The zero-order chi connectivity index (χ0) is 21.1. The zero-order valence-corrected chi connectivity index (χ0v) is 16.8. The van der Waals surface area contributed by atoms with E-state index >= 15 is 0 Å². The Balaban J connectivity index is 1.43. The summed E-state index contributed by atoms with van der Waals surface area (Å²) in [5.41, 5.74) is 2.20.